The lowest BCUT2D eigenvalue weighted by molar-refractivity contribution is 0.189. The molecule has 0 fully saturated rings. The SMILES string of the molecule is C=C/C(=C\C=C(/C)CC)C(=C)OC(=NC)C(F)F. The van der Waals surface area contributed by atoms with Crippen LogP contribution in [0.5, 0.6) is 0 Å². The molecule has 0 saturated carbocycles. The zero-order valence-corrected chi connectivity index (χ0v) is 11.0. The summed E-state index contributed by atoms with van der Waals surface area (Å²) in [6.45, 7) is 11.2. The Morgan fingerprint density at radius 3 is 2.39 bits per heavy atom. The van der Waals surface area contributed by atoms with Gasteiger partial charge in [0.25, 0.3) is 5.90 Å². The van der Waals surface area contributed by atoms with Crippen molar-refractivity contribution in [2.45, 2.75) is 26.7 Å². The van der Waals surface area contributed by atoms with Crippen molar-refractivity contribution < 1.29 is 13.5 Å². The Kier molecular flexibility index (Phi) is 7.59. The number of allylic oxidation sites excluding steroid dienone is 4. The van der Waals surface area contributed by atoms with Crippen LogP contribution in [0, 0.1) is 0 Å². The van der Waals surface area contributed by atoms with Gasteiger partial charge in [-0.3, -0.25) is 4.99 Å². The molecule has 0 aromatic rings. The fraction of sp³-hybridized carbons (Fsp3) is 0.357. The Bertz CT molecular complexity index is 393. The lowest BCUT2D eigenvalue weighted by Gasteiger charge is -2.10. The molecule has 0 aromatic carbocycles. The van der Waals surface area contributed by atoms with Gasteiger partial charge in [0, 0.05) is 12.6 Å². The van der Waals surface area contributed by atoms with Crippen LogP contribution in [0.3, 0.4) is 0 Å². The molecule has 0 radical (unpaired) electrons. The van der Waals surface area contributed by atoms with Crippen LogP contribution in [0.1, 0.15) is 20.3 Å². The third-order valence-corrected chi connectivity index (χ3v) is 2.28. The van der Waals surface area contributed by atoms with Crippen molar-refractivity contribution in [1.29, 1.82) is 0 Å². The molecule has 0 bridgehead atoms. The van der Waals surface area contributed by atoms with Gasteiger partial charge in [0.1, 0.15) is 5.76 Å². The maximum atomic E-state index is 12.4. The maximum absolute atomic E-state index is 12.4. The summed E-state index contributed by atoms with van der Waals surface area (Å²) in [6, 6.07) is 0. The van der Waals surface area contributed by atoms with Crippen LogP contribution in [0.25, 0.3) is 0 Å². The Hall–Kier alpha value is -1.71. The summed E-state index contributed by atoms with van der Waals surface area (Å²) >= 11 is 0. The predicted molar refractivity (Wildman–Crippen MR) is 71.9 cm³/mol. The first kappa shape index (κ1) is 16.3. The zero-order valence-electron chi connectivity index (χ0n) is 11.0. The number of rotatable bonds is 6. The molecule has 4 heteroatoms. The summed E-state index contributed by atoms with van der Waals surface area (Å²) in [6.07, 6.45) is 3.25. The predicted octanol–water partition coefficient (Wildman–Crippen LogP) is 4.28. The van der Waals surface area contributed by atoms with Crippen LogP contribution in [-0.4, -0.2) is 19.4 Å². The molecular weight excluding hydrogens is 236 g/mol. The summed E-state index contributed by atoms with van der Waals surface area (Å²) < 4.78 is 29.8. The second-order valence-electron chi connectivity index (χ2n) is 3.58. The summed E-state index contributed by atoms with van der Waals surface area (Å²) in [7, 11) is 1.24. The lowest BCUT2D eigenvalue weighted by Crippen LogP contribution is -2.14. The summed E-state index contributed by atoms with van der Waals surface area (Å²) in [4.78, 5) is 3.36. The molecule has 0 heterocycles. The normalized spacial score (nSPS) is 13.8. The van der Waals surface area contributed by atoms with E-state index < -0.39 is 12.3 Å². The molecular formula is C14H19F2NO. The van der Waals surface area contributed by atoms with Crippen LogP contribution in [0.2, 0.25) is 0 Å². The quantitative estimate of drug-likeness (QED) is 0.300. The summed E-state index contributed by atoms with van der Waals surface area (Å²) in [5.41, 5.74) is 1.70. The van der Waals surface area contributed by atoms with Gasteiger partial charge in [-0.15, -0.1) is 0 Å². The fourth-order valence-electron chi connectivity index (χ4n) is 0.998. The number of hydrogen-bond donors (Lipinski definition) is 0. The van der Waals surface area contributed by atoms with Crippen molar-refractivity contribution in [2.24, 2.45) is 4.99 Å². The van der Waals surface area contributed by atoms with E-state index in [1.807, 2.05) is 19.9 Å². The fourth-order valence-corrected chi connectivity index (χ4v) is 0.998. The van der Waals surface area contributed by atoms with Crippen LogP contribution in [-0.2, 0) is 4.74 Å². The number of aliphatic imine (C=N–C) groups is 1. The molecule has 0 spiro atoms. The topological polar surface area (TPSA) is 21.6 Å². The Morgan fingerprint density at radius 2 is 2.00 bits per heavy atom. The van der Waals surface area contributed by atoms with Gasteiger partial charge >= 0.3 is 6.43 Å². The number of nitrogens with zero attached hydrogens (tertiary/aromatic N) is 1. The van der Waals surface area contributed by atoms with E-state index in [2.05, 4.69) is 18.2 Å². The summed E-state index contributed by atoms with van der Waals surface area (Å²) in [5.74, 6) is -0.546. The average Bonchev–Trinajstić information content (AvgIpc) is 2.35. The number of alkyl halides is 2. The van der Waals surface area contributed by atoms with Crippen molar-refractivity contribution in [1.82, 2.24) is 0 Å². The number of halogens is 2. The van der Waals surface area contributed by atoms with E-state index in [1.165, 1.54) is 13.1 Å². The second kappa shape index (κ2) is 8.39. The van der Waals surface area contributed by atoms with Crippen LogP contribution >= 0.6 is 0 Å². The van der Waals surface area contributed by atoms with Gasteiger partial charge in [-0.1, -0.05) is 43.9 Å². The highest BCUT2D eigenvalue weighted by Gasteiger charge is 2.16. The van der Waals surface area contributed by atoms with Crippen molar-refractivity contribution in [2.75, 3.05) is 7.05 Å². The van der Waals surface area contributed by atoms with Gasteiger partial charge in [0.05, 0.1) is 0 Å². The molecule has 0 aliphatic rings. The lowest BCUT2D eigenvalue weighted by atomic mass is 10.1. The molecule has 0 amide bonds. The first-order chi connectivity index (χ1) is 8.46. The van der Waals surface area contributed by atoms with Gasteiger partial charge in [-0.2, -0.15) is 8.78 Å². The van der Waals surface area contributed by atoms with Crippen LogP contribution in [0.15, 0.2) is 53.3 Å². The minimum atomic E-state index is -2.76. The van der Waals surface area contributed by atoms with Gasteiger partial charge in [0.15, 0.2) is 0 Å². The second-order valence-corrected chi connectivity index (χ2v) is 3.58. The van der Waals surface area contributed by atoms with E-state index in [4.69, 9.17) is 4.74 Å². The van der Waals surface area contributed by atoms with Crippen molar-refractivity contribution in [3.8, 4) is 0 Å². The highest BCUT2D eigenvalue weighted by atomic mass is 19.3. The monoisotopic (exact) mass is 255 g/mol. The minimum absolute atomic E-state index is 0.103. The first-order valence-electron chi connectivity index (χ1n) is 5.58. The first-order valence-corrected chi connectivity index (χ1v) is 5.58. The molecule has 0 aromatic heterocycles. The Balaban J connectivity index is 4.89. The van der Waals surface area contributed by atoms with E-state index in [0.717, 1.165) is 12.0 Å². The highest BCUT2D eigenvalue weighted by Crippen LogP contribution is 2.14. The number of hydrogen-bond acceptors (Lipinski definition) is 2. The van der Waals surface area contributed by atoms with E-state index >= 15 is 0 Å². The van der Waals surface area contributed by atoms with Gasteiger partial charge in [-0.25, -0.2) is 0 Å². The standard InChI is InChI=1S/C14H19F2NO/c1-6-10(3)8-9-12(7-2)11(4)18-14(17-5)13(15)16/h7-9,13H,2,4,6H2,1,3,5H3/b10-8+,12-9+,17-14?. The molecule has 0 rings (SSSR count). The van der Waals surface area contributed by atoms with Crippen LogP contribution < -0.4 is 0 Å². The Labute approximate surface area is 107 Å². The Morgan fingerprint density at radius 1 is 1.39 bits per heavy atom. The summed E-state index contributed by atoms with van der Waals surface area (Å²) in [5, 5.41) is 0. The molecule has 2 nitrogen and oxygen atoms in total. The molecule has 100 valence electrons. The molecule has 18 heavy (non-hydrogen) atoms. The number of ether oxygens (including phenoxy) is 1. The highest BCUT2D eigenvalue weighted by molar-refractivity contribution is 5.80. The molecule has 0 unspecified atom stereocenters. The average molecular weight is 255 g/mol. The molecule has 0 atom stereocenters. The van der Waals surface area contributed by atoms with Crippen LogP contribution in [0.4, 0.5) is 8.78 Å². The van der Waals surface area contributed by atoms with Crippen molar-refractivity contribution in [3.05, 3.63) is 48.3 Å². The molecule has 0 saturated heterocycles. The van der Waals surface area contributed by atoms with E-state index in [-0.39, 0.29) is 5.76 Å². The zero-order chi connectivity index (χ0) is 14.1. The molecule has 0 N–H and O–H groups in total. The van der Waals surface area contributed by atoms with Gasteiger partial charge in [0.2, 0.25) is 0 Å². The van der Waals surface area contributed by atoms with Gasteiger partial charge < -0.3 is 4.74 Å². The maximum Gasteiger partial charge on any atom is 0.312 e. The van der Waals surface area contributed by atoms with Crippen molar-refractivity contribution >= 4 is 5.90 Å². The third kappa shape index (κ3) is 5.57. The van der Waals surface area contributed by atoms with E-state index in [1.54, 1.807) is 6.08 Å². The third-order valence-electron chi connectivity index (χ3n) is 2.28. The molecule has 0 aliphatic carbocycles. The van der Waals surface area contributed by atoms with Gasteiger partial charge in [-0.05, 0) is 13.3 Å². The van der Waals surface area contributed by atoms with Crippen molar-refractivity contribution in [3.63, 3.8) is 0 Å². The van der Waals surface area contributed by atoms with E-state index in [0.29, 0.717) is 5.57 Å². The largest absolute Gasteiger partial charge is 0.438 e. The molecule has 0 aliphatic heterocycles. The van der Waals surface area contributed by atoms with E-state index in [9.17, 15) is 8.78 Å². The minimum Gasteiger partial charge on any atom is -0.438 e. The smallest absolute Gasteiger partial charge is 0.312 e.